The molecule has 6 nitrogen and oxygen atoms in total. The average molecular weight is 405 g/mol. The van der Waals surface area contributed by atoms with E-state index in [0.29, 0.717) is 18.8 Å². The molecule has 0 saturated heterocycles. The Bertz CT molecular complexity index is 1050. The van der Waals surface area contributed by atoms with E-state index in [2.05, 4.69) is 23.4 Å². The van der Waals surface area contributed by atoms with Crippen molar-refractivity contribution in [3.8, 4) is 17.0 Å². The summed E-state index contributed by atoms with van der Waals surface area (Å²) in [6.45, 7) is 6.68. The van der Waals surface area contributed by atoms with Gasteiger partial charge in [0.15, 0.2) is 0 Å². The van der Waals surface area contributed by atoms with Gasteiger partial charge in [0.2, 0.25) is 5.91 Å². The first-order valence-corrected chi connectivity index (χ1v) is 10.1. The van der Waals surface area contributed by atoms with Crippen LogP contribution in [0.15, 0.2) is 59.4 Å². The Morgan fingerprint density at radius 3 is 2.40 bits per heavy atom. The van der Waals surface area contributed by atoms with Gasteiger partial charge in [-0.25, -0.2) is 4.68 Å². The molecule has 1 aromatic heterocycles. The summed E-state index contributed by atoms with van der Waals surface area (Å²) >= 11 is 0. The molecule has 0 aliphatic carbocycles. The number of hydrogen-bond donors (Lipinski definition) is 1. The molecule has 30 heavy (non-hydrogen) atoms. The number of benzene rings is 2. The molecule has 2 aromatic carbocycles. The summed E-state index contributed by atoms with van der Waals surface area (Å²) in [5.41, 5.74) is 4.74. The summed E-state index contributed by atoms with van der Waals surface area (Å²) < 4.78 is 6.87. The van der Waals surface area contributed by atoms with Crippen LogP contribution in [0.4, 0.5) is 0 Å². The van der Waals surface area contributed by atoms with Gasteiger partial charge in [0.25, 0.3) is 5.56 Å². The Labute approximate surface area is 176 Å². The molecule has 1 N–H and O–H groups in total. The maximum Gasteiger partial charge on any atom is 0.267 e. The third-order valence-corrected chi connectivity index (χ3v) is 4.71. The van der Waals surface area contributed by atoms with Crippen LogP contribution in [0.1, 0.15) is 23.6 Å². The van der Waals surface area contributed by atoms with E-state index in [4.69, 9.17) is 4.74 Å². The number of nitrogens with zero attached hydrogens (tertiary/aromatic N) is 2. The molecule has 3 aromatic rings. The number of carbonyl (C=O) groups excluding carboxylic acids is 1. The van der Waals surface area contributed by atoms with Crippen LogP contribution < -0.4 is 15.6 Å². The summed E-state index contributed by atoms with van der Waals surface area (Å²) in [7, 11) is 0. The van der Waals surface area contributed by atoms with Crippen LogP contribution in [-0.4, -0.2) is 28.8 Å². The Kier molecular flexibility index (Phi) is 7.01. The van der Waals surface area contributed by atoms with E-state index < -0.39 is 0 Å². The van der Waals surface area contributed by atoms with Crippen molar-refractivity contribution in [2.45, 2.75) is 33.7 Å². The Balaban J connectivity index is 1.56. The summed E-state index contributed by atoms with van der Waals surface area (Å²) in [5.74, 6) is 0.494. The van der Waals surface area contributed by atoms with Gasteiger partial charge in [0.05, 0.1) is 12.2 Å². The first-order chi connectivity index (χ1) is 14.4. The molecular formula is C24H27N3O3. The van der Waals surface area contributed by atoms with Crippen molar-refractivity contribution in [3.63, 3.8) is 0 Å². The van der Waals surface area contributed by atoms with Crippen LogP contribution in [-0.2, 0) is 17.8 Å². The largest absolute Gasteiger partial charge is 0.492 e. The maximum atomic E-state index is 12.2. The van der Waals surface area contributed by atoms with Crippen LogP contribution in [0, 0.1) is 13.8 Å². The van der Waals surface area contributed by atoms with Gasteiger partial charge in [-0.3, -0.25) is 9.59 Å². The van der Waals surface area contributed by atoms with E-state index in [1.165, 1.54) is 16.3 Å². The normalized spacial score (nSPS) is 10.6. The summed E-state index contributed by atoms with van der Waals surface area (Å²) in [6, 6.07) is 17.1. The van der Waals surface area contributed by atoms with E-state index in [-0.39, 0.29) is 18.0 Å². The van der Waals surface area contributed by atoms with Crippen LogP contribution in [0.25, 0.3) is 11.3 Å². The quantitative estimate of drug-likeness (QED) is 0.584. The highest BCUT2D eigenvalue weighted by Gasteiger charge is 2.08. The van der Waals surface area contributed by atoms with Gasteiger partial charge < -0.3 is 10.1 Å². The Morgan fingerprint density at radius 2 is 1.73 bits per heavy atom. The smallest absolute Gasteiger partial charge is 0.267 e. The van der Waals surface area contributed by atoms with Gasteiger partial charge >= 0.3 is 0 Å². The maximum absolute atomic E-state index is 12.2. The highest BCUT2D eigenvalue weighted by atomic mass is 16.5. The third-order valence-electron chi connectivity index (χ3n) is 4.71. The fraction of sp³-hybridized carbons (Fsp3) is 0.292. The van der Waals surface area contributed by atoms with Crippen molar-refractivity contribution in [3.05, 3.63) is 81.6 Å². The summed E-state index contributed by atoms with van der Waals surface area (Å²) in [6.07, 6.45) is 0.959. The van der Waals surface area contributed by atoms with Crippen molar-refractivity contribution in [1.82, 2.24) is 15.1 Å². The second-order valence-electron chi connectivity index (χ2n) is 7.29. The van der Waals surface area contributed by atoms with E-state index in [1.807, 2.05) is 50.2 Å². The van der Waals surface area contributed by atoms with Gasteiger partial charge in [-0.15, -0.1) is 0 Å². The first kappa shape index (κ1) is 21.3. The summed E-state index contributed by atoms with van der Waals surface area (Å²) in [4.78, 5) is 24.4. The minimum absolute atomic E-state index is 0.136. The topological polar surface area (TPSA) is 73.2 Å². The zero-order valence-corrected chi connectivity index (χ0v) is 17.6. The van der Waals surface area contributed by atoms with E-state index in [0.717, 1.165) is 28.9 Å². The predicted molar refractivity (Wildman–Crippen MR) is 118 cm³/mol. The standard InChI is InChI=1S/C24H27N3O3/c1-4-19-5-7-20(8-6-19)22-9-10-24(29)27(26-22)16-23(28)25-11-12-30-21-14-17(2)13-18(3)15-21/h5-10,13-15H,4,11-12,16H2,1-3H3,(H,25,28). The van der Waals surface area contributed by atoms with E-state index in [9.17, 15) is 9.59 Å². The molecule has 0 fully saturated rings. The zero-order valence-electron chi connectivity index (χ0n) is 17.6. The molecule has 1 heterocycles. The molecular weight excluding hydrogens is 378 g/mol. The first-order valence-electron chi connectivity index (χ1n) is 10.1. The van der Waals surface area contributed by atoms with Crippen molar-refractivity contribution in [1.29, 1.82) is 0 Å². The summed E-state index contributed by atoms with van der Waals surface area (Å²) in [5, 5.41) is 7.11. The SMILES string of the molecule is CCc1ccc(-c2ccc(=O)n(CC(=O)NCCOc3cc(C)cc(C)c3)n2)cc1. The van der Waals surface area contributed by atoms with Crippen molar-refractivity contribution < 1.29 is 9.53 Å². The molecule has 1 amide bonds. The molecule has 0 saturated carbocycles. The number of hydrogen-bond acceptors (Lipinski definition) is 4. The van der Waals surface area contributed by atoms with Crippen molar-refractivity contribution >= 4 is 5.91 Å². The molecule has 0 radical (unpaired) electrons. The molecule has 6 heteroatoms. The second kappa shape index (κ2) is 9.87. The Morgan fingerprint density at radius 1 is 1.03 bits per heavy atom. The molecule has 0 atom stereocenters. The molecule has 0 spiro atoms. The number of aryl methyl sites for hydroxylation is 3. The van der Waals surface area contributed by atoms with Gasteiger partial charge in [0.1, 0.15) is 18.9 Å². The molecule has 0 bridgehead atoms. The van der Waals surface area contributed by atoms with Gasteiger partial charge in [-0.1, -0.05) is 37.3 Å². The van der Waals surface area contributed by atoms with Crippen LogP contribution in [0.3, 0.4) is 0 Å². The molecule has 3 rings (SSSR count). The number of amides is 1. The molecule has 0 unspecified atom stereocenters. The van der Waals surface area contributed by atoms with Crippen LogP contribution in [0.2, 0.25) is 0 Å². The van der Waals surface area contributed by atoms with Gasteiger partial charge in [0, 0.05) is 11.6 Å². The number of rotatable bonds is 8. The minimum atomic E-state index is -0.314. The van der Waals surface area contributed by atoms with Crippen LogP contribution >= 0.6 is 0 Å². The lowest BCUT2D eigenvalue weighted by molar-refractivity contribution is -0.122. The fourth-order valence-corrected chi connectivity index (χ4v) is 3.19. The van der Waals surface area contributed by atoms with E-state index in [1.54, 1.807) is 6.07 Å². The number of carbonyl (C=O) groups is 1. The van der Waals surface area contributed by atoms with Crippen molar-refractivity contribution in [2.24, 2.45) is 0 Å². The molecule has 0 aliphatic heterocycles. The molecule has 156 valence electrons. The fourth-order valence-electron chi connectivity index (χ4n) is 3.19. The number of ether oxygens (including phenoxy) is 1. The lowest BCUT2D eigenvalue weighted by atomic mass is 10.1. The Hall–Kier alpha value is -3.41. The van der Waals surface area contributed by atoms with Crippen LogP contribution in [0.5, 0.6) is 5.75 Å². The average Bonchev–Trinajstić information content (AvgIpc) is 2.72. The highest BCUT2D eigenvalue weighted by molar-refractivity contribution is 5.75. The monoisotopic (exact) mass is 405 g/mol. The van der Waals surface area contributed by atoms with Gasteiger partial charge in [-0.2, -0.15) is 5.10 Å². The zero-order chi connectivity index (χ0) is 21.5. The second-order valence-corrected chi connectivity index (χ2v) is 7.29. The third kappa shape index (κ3) is 5.80. The minimum Gasteiger partial charge on any atom is -0.492 e. The van der Waals surface area contributed by atoms with Gasteiger partial charge in [-0.05, 0) is 55.2 Å². The van der Waals surface area contributed by atoms with Crippen molar-refractivity contribution in [2.75, 3.05) is 13.2 Å². The highest BCUT2D eigenvalue weighted by Crippen LogP contribution is 2.17. The molecule has 0 aliphatic rings. The predicted octanol–water partition coefficient (Wildman–Crippen LogP) is 3.28. The van der Waals surface area contributed by atoms with E-state index >= 15 is 0 Å². The number of aromatic nitrogens is 2. The number of nitrogens with one attached hydrogen (secondary N) is 1. The lowest BCUT2D eigenvalue weighted by Gasteiger charge is -2.10. The lowest BCUT2D eigenvalue weighted by Crippen LogP contribution is -2.35.